The van der Waals surface area contributed by atoms with Gasteiger partial charge in [0.2, 0.25) is 0 Å². The average Bonchev–Trinajstić information content (AvgIpc) is 2.73. The Morgan fingerprint density at radius 2 is 0.929 bits per heavy atom. The van der Waals surface area contributed by atoms with Gasteiger partial charge in [0.25, 0.3) is 0 Å². The van der Waals surface area contributed by atoms with Gasteiger partial charge in [-0.15, -0.1) is 0 Å². The quantitative estimate of drug-likeness (QED) is 0.177. The van der Waals surface area contributed by atoms with Gasteiger partial charge in [-0.1, -0.05) is 113 Å². The molecule has 0 aromatic heterocycles. The summed E-state index contributed by atoms with van der Waals surface area (Å²) in [7, 11) is 0. The lowest BCUT2D eigenvalue weighted by molar-refractivity contribution is 0.560. The van der Waals surface area contributed by atoms with E-state index in [-0.39, 0.29) is 0 Å². The molecule has 1 aromatic rings. The SMILES string of the molecule is NCCCCCCCC/C=C\CCCCCCCCCCCc1ccccc1. The summed E-state index contributed by atoms with van der Waals surface area (Å²) < 4.78 is 0. The minimum atomic E-state index is 0.859. The van der Waals surface area contributed by atoms with E-state index in [2.05, 4.69) is 42.5 Å². The number of hydrogen-bond acceptors (Lipinski definition) is 1. The second kappa shape index (κ2) is 20.6. The Hall–Kier alpha value is -1.08. The molecular formula is C27H47N. The van der Waals surface area contributed by atoms with Crippen LogP contribution in [0.3, 0.4) is 0 Å². The maximum atomic E-state index is 5.51. The van der Waals surface area contributed by atoms with Crippen LogP contribution >= 0.6 is 0 Å². The molecule has 1 rings (SSSR count). The smallest absolute Gasteiger partial charge is 0.00773 e. The minimum absolute atomic E-state index is 0.859. The number of rotatable bonds is 20. The van der Waals surface area contributed by atoms with E-state index in [1.165, 1.54) is 121 Å². The van der Waals surface area contributed by atoms with Gasteiger partial charge in [0.05, 0.1) is 0 Å². The highest BCUT2D eigenvalue weighted by atomic mass is 14.5. The highest BCUT2D eigenvalue weighted by molar-refractivity contribution is 5.14. The second-order valence-corrected chi connectivity index (χ2v) is 8.38. The van der Waals surface area contributed by atoms with Crippen LogP contribution in [0.2, 0.25) is 0 Å². The normalized spacial score (nSPS) is 11.5. The molecule has 0 fully saturated rings. The van der Waals surface area contributed by atoms with Crippen LogP contribution < -0.4 is 5.73 Å². The zero-order chi connectivity index (χ0) is 20.0. The zero-order valence-corrected chi connectivity index (χ0v) is 18.6. The molecule has 1 nitrogen and oxygen atoms in total. The Balaban J connectivity index is 1.71. The highest BCUT2D eigenvalue weighted by Crippen LogP contribution is 2.13. The molecule has 0 unspecified atom stereocenters. The van der Waals surface area contributed by atoms with Gasteiger partial charge >= 0.3 is 0 Å². The first-order valence-electron chi connectivity index (χ1n) is 12.3. The van der Waals surface area contributed by atoms with Gasteiger partial charge in [-0.2, -0.15) is 0 Å². The third-order valence-electron chi connectivity index (χ3n) is 5.67. The molecule has 0 aliphatic rings. The maximum absolute atomic E-state index is 5.51. The molecule has 1 aromatic carbocycles. The molecule has 0 radical (unpaired) electrons. The summed E-state index contributed by atoms with van der Waals surface area (Å²) in [6.07, 6.45) is 29.4. The number of unbranched alkanes of at least 4 members (excludes halogenated alkanes) is 15. The topological polar surface area (TPSA) is 26.0 Å². The zero-order valence-electron chi connectivity index (χ0n) is 18.6. The Kier molecular flexibility index (Phi) is 18.4. The van der Waals surface area contributed by atoms with Crippen molar-refractivity contribution in [2.45, 2.75) is 116 Å². The van der Waals surface area contributed by atoms with Crippen molar-refractivity contribution in [1.82, 2.24) is 0 Å². The molecule has 0 saturated heterocycles. The number of hydrogen-bond donors (Lipinski definition) is 1. The largest absolute Gasteiger partial charge is 0.330 e. The molecule has 28 heavy (non-hydrogen) atoms. The molecule has 0 saturated carbocycles. The molecule has 0 spiro atoms. The van der Waals surface area contributed by atoms with Gasteiger partial charge in [-0.05, 0) is 57.1 Å². The Bertz CT molecular complexity index is 437. The summed E-state index contributed by atoms with van der Waals surface area (Å²) in [6, 6.07) is 10.9. The molecule has 0 aliphatic carbocycles. The third-order valence-corrected chi connectivity index (χ3v) is 5.67. The fourth-order valence-corrected chi connectivity index (χ4v) is 3.82. The lowest BCUT2D eigenvalue weighted by Crippen LogP contribution is -1.97. The lowest BCUT2D eigenvalue weighted by atomic mass is 10.0. The predicted octanol–water partition coefficient (Wildman–Crippen LogP) is 8.38. The van der Waals surface area contributed by atoms with Crippen LogP contribution in [0.5, 0.6) is 0 Å². The van der Waals surface area contributed by atoms with E-state index in [0.717, 1.165) is 6.54 Å². The van der Waals surface area contributed by atoms with Crippen LogP contribution in [0, 0.1) is 0 Å². The fourth-order valence-electron chi connectivity index (χ4n) is 3.82. The Labute approximate surface area is 176 Å². The van der Waals surface area contributed by atoms with Gasteiger partial charge in [0, 0.05) is 0 Å². The van der Waals surface area contributed by atoms with Crippen LogP contribution in [0.4, 0.5) is 0 Å². The summed E-state index contributed by atoms with van der Waals surface area (Å²) in [5.74, 6) is 0. The monoisotopic (exact) mass is 385 g/mol. The highest BCUT2D eigenvalue weighted by Gasteiger charge is 1.95. The first-order chi connectivity index (χ1) is 13.9. The van der Waals surface area contributed by atoms with Crippen molar-refractivity contribution in [2.75, 3.05) is 6.54 Å². The van der Waals surface area contributed by atoms with Crippen molar-refractivity contribution in [2.24, 2.45) is 5.73 Å². The van der Waals surface area contributed by atoms with E-state index < -0.39 is 0 Å². The average molecular weight is 386 g/mol. The van der Waals surface area contributed by atoms with Crippen LogP contribution in [-0.4, -0.2) is 6.54 Å². The lowest BCUT2D eigenvalue weighted by Gasteiger charge is -2.03. The molecule has 2 N–H and O–H groups in total. The van der Waals surface area contributed by atoms with E-state index in [1.54, 1.807) is 0 Å². The summed E-state index contributed by atoms with van der Waals surface area (Å²) in [6.45, 7) is 0.859. The number of aryl methyl sites for hydroxylation is 1. The van der Waals surface area contributed by atoms with E-state index in [4.69, 9.17) is 5.73 Å². The molecule has 0 atom stereocenters. The van der Waals surface area contributed by atoms with Crippen LogP contribution in [-0.2, 0) is 6.42 Å². The Morgan fingerprint density at radius 3 is 1.43 bits per heavy atom. The second-order valence-electron chi connectivity index (χ2n) is 8.38. The van der Waals surface area contributed by atoms with E-state index in [9.17, 15) is 0 Å². The molecule has 0 bridgehead atoms. The predicted molar refractivity (Wildman–Crippen MR) is 127 cm³/mol. The van der Waals surface area contributed by atoms with Crippen LogP contribution in [0.25, 0.3) is 0 Å². The summed E-state index contributed by atoms with van der Waals surface area (Å²) in [5.41, 5.74) is 7.01. The van der Waals surface area contributed by atoms with Crippen molar-refractivity contribution < 1.29 is 0 Å². The van der Waals surface area contributed by atoms with E-state index in [0.29, 0.717) is 0 Å². The summed E-state index contributed by atoms with van der Waals surface area (Å²) in [5, 5.41) is 0. The minimum Gasteiger partial charge on any atom is -0.330 e. The third kappa shape index (κ3) is 17.0. The van der Waals surface area contributed by atoms with Gasteiger partial charge in [0.1, 0.15) is 0 Å². The Morgan fingerprint density at radius 1 is 0.500 bits per heavy atom. The molecule has 0 heterocycles. The van der Waals surface area contributed by atoms with Gasteiger partial charge in [0.15, 0.2) is 0 Å². The first kappa shape index (κ1) is 25.0. The van der Waals surface area contributed by atoms with E-state index in [1.807, 2.05) is 0 Å². The van der Waals surface area contributed by atoms with Crippen molar-refractivity contribution in [1.29, 1.82) is 0 Å². The molecular weight excluding hydrogens is 338 g/mol. The van der Waals surface area contributed by atoms with Crippen molar-refractivity contribution >= 4 is 0 Å². The summed E-state index contributed by atoms with van der Waals surface area (Å²) >= 11 is 0. The van der Waals surface area contributed by atoms with Gasteiger partial charge in [-0.25, -0.2) is 0 Å². The van der Waals surface area contributed by atoms with Crippen molar-refractivity contribution in [3.05, 3.63) is 48.0 Å². The van der Waals surface area contributed by atoms with E-state index >= 15 is 0 Å². The fraction of sp³-hybridized carbons (Fsp3) is 0.704. The van der Waals surface area contributed by atoms with Crippen LogP contribution in [0.15, 0.2) is 42.5 Å². The first-order valence-corrected chi connectivity index (χ1v) is 12.3. The number of allylic oxidation sites excluding steroid dienone is 2. The number of nitrogens with two attached hydrogens (primary N) is 1. The van der Waals surface area contributed by atoms with Crippen molar-refractivity contribution in [3.63, 3.8) is 0 Å². The summed E-state index contributed by atoms with van der Waals surface area (Å²) in [4.78, 5) is 0. The molecule has 0 amide bonds. The van der Waals surface area contributed by atoms with Crippen LogP contribution in [0.1, 0.15) is 115 Å². The molecule has 160 valence electrons. The molecule has 1 heteroatoms. The van der Waals surface area contributed by atoms with Gasteiger partial charge in [-0.3, -0.25) is 0 Å². The maximum Gasteiger partial charge on any atom is -0.00773 e. The standard InChI is InChI=1S/C27H47N/c28-26-22-17-15-13-11-9-7-5-3-1-2-4-6-8-10-12-14-16-19-23-27-24-20-18-21-25-27/h3,5,18,20-21,24-25H,1-2,4,6-17,19,22-23,26,28H2/b5-3-. The number of benzene rings is 1. The van der Waals surface area contributed by atoms with Gasteiger partial charge < -0.3 is 5.73 Å². The molecule has 0 aliphatic heterocycles. The van der Waals surface area contributed by atoms with Crippen molar-refractivity contribution in [3.8, 4) is 0 Å².